The lowest BCUT2D eigenvalue weighted by Gasteiger charge is -2.36. The van der Waals surface area contributed by atoms with Crippen molar-refractivity contribution in [1.29, 1.82) is 0 Å². The molecule has 23 heavy (non-hydrogen) atoms. The van der Waals surface area contributed by atoms with Gasteiger partial charge >= 0.3 is 0 Å². The second-order valence-electron chi connectivity index (χ2n) is 6.65. The summed E-state index contributed by atoms with van der Waals surface area (Å²) in [6.45, 7) is 9.56. The average molecular weight is 339 g/mol. The Morgan fingerprint density at radius 3 is 2.70 bits per heavy atom. The summed E-state index contributed by atoms with van der Waals surface area (Å²) in [4.78, 5) is 24.6. The van der Waals surface area contributed by atoms with Gasteiger partial charge in [-0.15, -0.1) is 11.3 Å². The first-order chi connectivity index (χ1) is 11.0. The van der Waals surface area contributed by atoms with E-state index in [2.05, 4.69) is 28.8 Å². The van der Waals surface area contributed by atoms with Gasteiger partial charge in [0.15, 0.2) is 0 Å². The number of thiazole rings is 1. The number of hydrogen-bond donors (Lipinski definition) is 0. The fourth-order valence-electron chi connectivity index (χ4n) is 2.93. The van der Waals surface area contributed by atoms with Gasteiger partial charge in [-0.1, -0.05) is 0 Å². The maximum absolute atomic E-state index is 12.3. The Hall–Kier alpha value is -0.980. The Kier molecular flexibility index (Phi) is 6.99. The number of aryl methyl sites for hydroxylation is 1. The molecular formula is C17H30N4OS. The Bertz CT molecular complexity index is 497. The van der Waals surface area contributed by atoms with Gasteiger partial charge in [-0.2, -0.15) is 0 Å². The van der Waals surface area contributed by atoms with Crippen LogP contribution >= 0.6 is 11.3 Å². The zero-order valence-corrected chi connectivity index (χ0v) is 15.7. The largest absolute Gasteiger partial charge is 0.345 e. The number of hydrogen-bond acceptors (Lipinski definition) is 5. The highest BCUT2D eigenvalue weighted by molar-refractivity contribution is 7.09. The summed E-state index contributed by atoms with van der Waals surface area (Å²) in [6.07, 6.45) is 2.50. The van der Waals surface area contributed by atoms with Crippen LogP contribution in [0.15, 0.2) is 5.51 Å². The standard InChI is InChI=1S/C17H30N4OS/c1-14(21-11-9-19(3)10-12-21)5-6-17(22)20(4)8-7-16-15(2)18-13-23-16/h13-14H,5-12H2,1-4H3/t14-/m1/s1. The van der Waals surface area contributed by atoms with Crippen LogP contribution in [0.4, 0.5) is 0 Å². The summed E-state index contributed by atoms with van der Waals surface area (Å²) >= 11 is 1.68. The van der Waals surface area contributed by atoms with E-state index >= 15 is 0 Å². The fourth-order valence-corrected chi connectivity index (χ4v) is 3.70. The summed E-state index contributed by atoms with van der Waals surface area (Å²) in [5.74, 6) is 0.258. The summed E-state index contributed by atoms with van der Waals surface area (Å²) in [7, 11) is 4.09. The minimum Gasteiger partial charge on any atom is -0.345 e. The van der Waals surface area contributed by atoms with Crippen LogP contribution in [0.25, 0.3) is 0 Å². The van der Waals surface area contributed by atoms with Gasteiger partial charge in [-0.3, -0.25) is 9.69 Å². The zero-order chi connectivity index (χ0) is 16.8. The number of aromatic nitrogens is 1. The predicted molar refractivity (Wildman–Crippen MR) is 96.0 cm³/mol. The third-order valence-electron chi connectivity index (χ3n) is 4.88. The van der Waals surface area contributed by atoms with Crippen molar-refractivity contribution < 1.29 is 4.79 Å². The summed E-state index contributed by atoms with van der Waals surface area (Å²) in [6, 6.07) is 0.491. The molecule has 1 fully saturated rings. The molecule has 0 radical (unpaired) electrons. The van der Waals surface area contributed by atoms with E-state index in [-0.39, 0.29) is 5.91 Å². The first-order valence-corrected chi connectivity index (χ1v) is 9.41. The molecule has 0 spiro atoms. The van der Waals surface area contributed by atoms with Gasteiger partial charge in [0, 0.05) is 63.5 Å². The Labute approximate surface area is 144 Å². The second kappa shape index (κ2) is 8.76. The third kappa shape index (κ3) is 5.55. The van der Waals surface area contributed by atoms with Crippen LogP contribution in [-0.4, -0.2) is 78.5 Å². The molecule has 6 heteroatoms. The normalized spacial score (nSPS) is 18.1. The molecule has 0 saturated carbocycles. The highest BCUT2D eigenvalue weighted by atomic mass is 32.1. The van der Waals surface area contributed by atoms with Gasteiger partial charge in [0.1, 0.15) is 0 Å². The van der Waals surface area contributed by atoms with Gasteiger partial charge < -0.3 is 9.80 Å². The second-order valence-corrected chi connectivity index (χ2v) is 7.59. The number of carbonyl (C=O) groups excluding carboxylic acids is 1. The highest BCUT2D eigenvalue weighted by Crippen LogP contribution is 2.14. The highest BCUT2D eigenvalue weighted by Gasteiger charge is 2.20. The Balaban J connectivity index is 1.68. The topological polar surface area (TPSA) is 39.7 Å². The quantitative estimate of drug-likeness (QED) is 0.761. The van der Waals surface area contributed by atoms with Crippen molar-refractivity contribution in [3.05, 3.63) is 16.1 Å². The molecule has 0 unspecified atom stereocenters. The molecule has 1 saturated heterocycles. The molecule has 0 N–H and O–H groups in total. The van der Waals surface area contributed by atoms with Crippen LogP contribution in [0.2, 0.25) is 0 Å². The molecule has 1 aromatic heterocycles. The van der Waals surface area contributed by atoms with Crippen molar-refractivity contribution in [2.75, 3.05) is 46.8 Å². The molecule has 2 rings (SSSR count). The minimum atomic E-state index is 0.258. The number of rotatable bonds is 7. The average Bonchev–Trinajstić information content (AvgIpc) is 2.95. The van der Waals surface area contributed by atoms with Crippen molar-refractivity contribution in [2.45, 2.75) is 39.2 Å². The first-order valence-electron chi connectivity index (χ1n) is 8.53. The number of amides is 1. The zero-order valence-electron chi connectivity index (χ0n) is 14.9. The fraction of sp³-hybridized carbons (Fsp3) is 0.765. The maximum Gasteiger partial charge on any atom is 0.222 e. The summed E-state index contributed by atoms with van der Waals surface area (Å²) in [5, 5.41) is 0. The molecule has 1 aliphatic heterocycles. The lowest BCUT2D eigenvalue weighted by molar-refractivity contribution is -0.130. The van der Waals surface area contributed by atoms with Gasteiger partial charge in [-0.05, 0) is 27.3 Å². The Morgan fingerprint density at radius 2 is 2.09 bits per heavy atom. The number of likely N-dealkylation sites (N-methyl/N-ethyl adjacent to an activating group) is 2. The van der Waals surface area contributed by atoms with E-state index in [1.165, 1.54) is 4.88 Å². The van der Waals surface area contributed by atoms with Crippen molar-refractivity contribution in [2.24, 2.45) is 0 Å². The smallest absolute Gasteiger partial charge is 0.222 e. The van der Waals surface area contributed by atoms with Crippen LogP contribution in [0.1, 0.15) is 30.3 Å². The van der Waals surface area contributed by atoms with Crippen LogP contribution in [0.3, 0.4) is 0 Å². The molecule has 1 atom stereocenters. The first kappa shape index (κ1) is 18.4. The van der Waals surface area contributed by atoms with Gasteiger partial charge in [0.2, 0.25) is 5.91 Å². The molecule has 0 aliphatic carbocycles. The molecule has 130 valence electrons. The van der Waals surface area contributed by atoms with E-state index in [1.54, 1.807) is 11.3 Å². The third-order valence-corrected chi connectivity index (χ3v) is 5.88. The number of carbonyl (C=O) groups is 1. The van der Waals surface area contributed by atoms with E-state index in [0.29, 0.717) is 12.5 Å². The van der Waals surface area contributed by atoms with Crippen LogP contribution in [0.5, 0.6) is 0 Å². The van der Waals surface area contributed by atoms with E-state index < -0.39 is 0 Å². The molecule has 5 nitrogen and oxygen atoms in total. The van der Waals surface area contributed by atoms with Crippen LogP contribution in [-0.2, 0) is 11.2 Å². The van der Waals surface area contributed by atoms with Crippen LogP contribution < -0.4 is 0 Å². The lowest BCUT2D eigenvalue weighted by Crippen LogP contribution is -2.48. The SMILES string of the molecule is Cc1ncsc1CCN(C)C(=O)CC[C@@H](C)N1CCN(C)CC1. The van der Waals surface area contributed by atoms with E-state index in [1.807, 2.05) is 24.4 Å². The number of piperazine rings is 1. The van der Waals surface area contributed by atoms with Gasteiger partial charge in [-0.25, -0.2) is 4.98 Å². The molecule has 1 aliphatic rings. The monoisotopic (exact) mass is 338 g/mol. The summed E-state index contributed by atoms with van der Waals surface area (Å²) < 4.78 is 0. The molecular weight excluding hydrogens is 308 g/mol. The number of nitrogens with zero attached hydrogens (tertiary/aromatic N) is 4. The molecule has 0 bridgehead atoms. The van der Waals surface area contributed by atoms with E-state index in [4.69, 9.17) is 0 Å². The predicted octanol–water partition coefficient (Wildman–Crippen LogP) is 1.87. The van der Waals surface area contributed by atoms with Crippen molar-refractivity contribution >= 4 is 17.2 Å². The molecule has 1 aromatic rings. The maximum atomic E-state index is 12.3. The summed E-state index contributed by atoms with van der Waals surface area (Å²) in [5.41, 5.74) is 2.98. The van der Waals surface area contributed by atoms with Crippen molar-refractivity contribution in [3.63, 3.8) is 0 Å². The van der Waals surface area contributed by atoms with Crippen LogP contribution in [0, 0.1) is 6.92 Å². The van der Waals surface area contributed by atoms with Crippen molar-refractivity contribution in [3.8, 4) is 0 Å². The van der Waals surface area contributed by atoms with E-state index in [0.717, 1.165) is 51.3 Å². The molecule has 0 aromatic carbocycles. The lowest BCUT2D eigenvalue weighted by atomic mass is 10.1. The molecule has 2 heterocycles. The van der Waals surface area contributed by atoms with Gasteiger partial charge in [0.25, 0.3) is 0 Å². The Morgan fingerprint density at radius 1 is 1.39 bits per heavy atom. The van der Waals surface area contributed by atoms with E-state index in [9.17, 15) is 4.79 Å². The minimum absolute atomic E-state index is 0.258. The van der Waals surface area contributed by atoms with Crippen molar-refractivity contribution in [1.82, 2.24) is 19.7 Å². The molecule has 1 amide bonds. The van der Waals surface area contributed by atoms with Gasteiger partial charge in [0.05, 0.1) is 11.2 Å².